The quantitative estimate of drug-likeness (QED) is 0.722. The van der Waals surface area contributed by atoms with Crippen LogP contribution >= 0.6 is 0 Å². The average molecular weight is 328 g/mol. The van der Waals surface area contributed by atoms with Crippen molar-refractivity contribution in [3.05, 3.63) is 42.4 Å². The summed E-state index contributed by atoms with van der Waals surface area (Å²) in [7, 11) is 0. The van der Waals surface area contributed by atoms with Crippen LogP contribution in [0.5, 0.6) is 5.75 Å². The third kappa shape index (κ3) is 5.53. The first kappa shape index (κ1) is 17.7. The molecule has 2 rings (SSSR count). The number of carbonyl (C=O) groups is 1. The van der Waals surface area contributed by atoms with Crippen LogP contribution in [0, 0.1) is 0 Å². The molecule has 0 spiro atoms. The number of aromatic nitrogens is 2. The van der Waals surface area contributed by atoms with Gasteiger partial charge in [0.25, 0.3) is 5.91 Å². The average Bonchev–Trinajstić information content (AvgIpc) is 2.57. The molecule has 0 radical (unpaired) electrons. The Bertz CT molecular complexity index is 639. The van der Waals surface area contributed by atoms with Crippen molar-refractivity contribution in [2.75, 3.05) is 17.2 Å². The van der Waals surface area contributed by atoms with Crippen LogP contribution in [0.1, 0.15) is 44.1 Å². The van der Waals surface area contributed by atoms with Crippen molar-refractivity contribution < 1.29 is 9.53 Å². The van der Waals surface area contributed by atoms with Gasteiger partial charge in [0.2, 0.25) is 0 Å². The highest BCUT2D eigenvalue weighted by Crippen LogP contribution is 2.17. The van der Waals surface area contributed by atoms with Crippen molar-refractivity contribution in [1.29, 1.82) is 0 Å². The molecule has 6 nitrogen and oxygen atoms in total. The number of ether oxygens (including phenoxy) is 1. The fourth-order valence-corrected chi connectivity index (χ4v) is 2.01. The van der Waals surface area contributed by atoms with Gasteiger partial charge in [-0.3, -0.25) is 4.79 Å². The van der Waals surface area contributed by atoms with Gasteiger partial charge < -0.3 is 15.4 Å². The van der Waals surface area contributed by atoms with E-state index in [1.165, 1.54) is 6.20 Å². The van der Waals surface area contributed by atoms with E-state index in [9.17, 15) is 4.79 Å². The molecule has 6 heteroatoms. The molecule has 0 saturated carbocycles. The van der Waals surface area contributed by atoms with Gasteiger partial charge in [0.1, 0.15) is 17.3 Å². The molecule has 24 heavy (non-hydrogen) atoms. The number of rotatable bonds is 8. The molecule has 2 aromatic rings. The Morgan fingerprint density at radius 1 is 1.17 bits per heavy atom. The highest BCUT2D eigenvalue weighted by molar-refractivity contribution is 6.02. The Morgan fingerprint density at radius 3 is 2.50 bits per heavy atom. The third-order valence-corrected chi connectivity index (χ3v) is 3.20. The number of nitrogens with one attached hydrogen (secondary N) is 2. The number of carbonyl (C=O) groups excluding carboxylic acids is 1. The zero-order valence-corrected chi connectivity index (χ0v) is 14.4. The first-order valence-electron chi connectivity index (χ1n) is 8.22. The summed E-state index contributed by atoms with van der Waals surface area (Å²) in [6.07, 6.45) is 5.34. The van der Waals surface area contributed by atoms with E-state index in [0.29, 0.717) is 11.5 Å². The van der Waals surface area contributed by atoms with Crippen LogP contribution in [0.3, 0.4) is 0 Å². The van der Waals surface area contributed by atoms with Gasteiger partial charge in [0.15, 0.2) is 0 Å². The van der Waals surface area contributed by atoms with E-state index in [2.05, 4.69) is 27.5 Å². The Labute approximate surface area is 142 Å². The van der Waals surface area contributed by atoms with E-state index >= 15 is 0 Å². The largest absolute Gasteiger partial charge is 0.491 e. The fourth-order valence-electron chi connectivity index (χ4n) is 2.01. The lowest BCUT2D eigenvalue weighted by Crippen LogP contribution is -2.14. The summed E-state index contributed by atoms with van der Waals surface area (Å²) < 4.78 is 5.57. The summed E-state index contributed by atoms with van der Waals surface area (Å²) in [5, 5.41) is 5.96. The number of anilines is 2. The lowest BCUT2D eigenvalue weighted by atomic mass is 10.3. The van der Waals surface area contributed by atoms with E-state index in [1.54, 1.807) is 18.3 Å². The van der Waals surface area contributed by atoms with Crippen molar-refractivity contribution in [1.82, 2.24) is 9.97 Å². The predicted octanol–water partition coefficient (Wildman–Crippen LogP) is 3.73. The second kappa shape index (κ2) is 8.86. The molecule has 0 atom stereocenters. The number of hydrogen-bond donors (Lipinski definition) is 2. The third-order valence-electron chi connectivity index (χ3n) is 3.20. The minimum Gasteiger partial charge on any atom is -0.491 e. The van der Waals surface area contributed by atoms with Crippen LogP contribution in [-0.2, 0) is 0 Å². The summed E-state index contributed by atoms with van der Waals surface area (Å²) in [4.78, 5) is 20.5. The molecule has 2 N–H and O–H groups in total. The Morgan fingerprint density at radius 2 is 1.92 bits per heavy atom. The Hall–Kier alpha value is -2.63. The van der Waals surface area contributed by atoms with Gasteiger partial charge >= 0.3 is 0 Å². The maximum absolute atomic E-state index is 12.2. The maximum atomic E-state index is 12.2. The molecule has 0 fully saturated rings. The van der Waals surface area contributed by atoms with Gasteiger partial charge in [-0.2, -0.15) is 0 Å². The van der Waals surface area contributed by atoms with Crippen LogP contribution in [-0.4, -0.2) is 28.5 Å². The van der Waals surface area contributed by atoms with E-state index in [4.69, 9.17) is 4.74 Å². The molecule has 0 aliphatic heterocycles. The minimum atomic E-state index is -0.292. The van der Waals surface area contributed by atoms with Crippen LogP contribution in [0.25, 0.3) is 0 Å². The zero-order chi connectivity index (χ0) is 17.4. The van der Waals surface area contributed by atoms with Gasteiger partial charge in [-0.1, -0.05) is 13.3 Å². The molecule has 0 aliphatic carbocycles. The van der Waals surface area contributed by atoms with Crippen molar-refractivity contribution in [3.63, 3.8) is 0 Å². The SMILES string of the molecule is CCCCNc1cnc(C(=O)Nc2ccc(OC(C)C)cc2)cn1. The van der Waals surface area contributed by atoms with Gasteiger partial charge in [-0.15, -0.1) is 0 Å². The molecular formula is C18H24N4O2. The molecule has 1 aromatic carbocycles. The summed E-state index contributed by atoms with van der Waals surface area (Å²) in [6.45, 7) is 6.91. The van der Waals surface area contributed by atoms with Crippen molar-refractivity contribution in [2.45, 2.75) is 39.7 Å². The molecular weight excluding hydrogens is 304 g/mol. The van der Waals surface area contributed by atoms with E-state index in [1.807, 2.05) is 26.0 Å². The molecule has 1 heterocycles. The summed E-state index contributed by atoms with van der Waals surface area (Å²) in [5.74, 6) is 1.15. The Kier molecular flexibility index (Phi) is 6.54. The van der Waals surface area contributed by atoms with Crippen molar-refractivity contribution >= 4 is 17.4 Å². The standard InChI is InChI=1S/C18H24N4O2/c1-4-5-10-19-17-12-20-16(11-21-17)18(23)22-14-6-8-15(9-7-14)24-13(2)3/h6-9,11-13H,4-5,10H2,1-3H3,(H,19,21)(H,22,23). The van der Waals surface area contributed by atoms with E-state index < -0.39 is 0 Å². The number of unbranched alkanes of at least 4 members (excludes halogenated alkanes) is 1. The van der Waals surface area contributed by atoms with Crippen molar-refractivity contribution in [2.24, 2.45) is 0 Å². The molecule has 128 valence electrons. The number of hydrogen-bond acceptors (Lipinski definition) is 5. The van der Waals surface area contributed by atoms with Crippen LogP contribution < -0.4 is 15.4 Å². The number of benzene rings is 1. The lowest BCUT2D eigenvalue weighted by molar-refractivity contribution is 0.102. The normalized spacial score (nSPS) is 10.5. The molecule has 0 saturated heterocycles. The monoisotopic (exact) mass is 328 g/mol. The van der Waals surface area contributed by atoms with Crippen LogP contribution in [0.4, 0.5) is 11.5 Å². The molecule has 1 amide bonds. The first-order valence-corrected chi connectivity index (χ1v) is 8.22. The van der Waals surface area contributed by atoms with Gasteiger partial charge in [-0.25, -0.2) is 9.97 Å². The molecule has 0 bridgehead atoms. The van der Waals surface area contributed by atoms with Crippen molar-refractivity contribution in [3.8, 4) is 5.75 Å². The topological polar surface area (TPSA) is 76.1 Å². The predicted molar refractivity (Wildman–Crippen MR) is 95.6 cm³/mol. The van der Waals surface area contributed by atoms with Crippen LogP contribution in [0.2, 0.25) is 0 Å². The summed E-state index contributed by atoms with van der Waals surface area (Å²) in [6, 6.07) is 7.23. The maximum Gasteiger partial charge on any atom is 0.275 e. The lowest BCUT2D eigenvalue weighted by Gasteiger charge is -2.10. The minimum absolute atomic E-state index is 0.116. The first-order chi connectivity index (χ1) is 11.6. The van der Waals surface area contributed by atoms with E-state index in [-0.39, 0.29) is 17.7 Å². The second-order valence-corrected chi connectivity index (χ2v) is 5.71. The molecule has 0 aliphatic rings. The highest BCUT2D eigenvalue weighted by Gasteiger charge is 2.09. The van der Waals surface area contributed by atoms with Gasteiger partial charge in [0.05, 0.1) is 18.5 Å². The smallest absolute Gasteiger partial charge is 0.275 e. The highest BCUT2D eigenvalue weighted by atomic mass is 16.5. The zero-order valence-electron chi connectivity index (χ0n) is 14.4. The summed E-state index contributed by atoms with van der Waals surface area (Å²) in [5.41, 5.74) is 0.960. The molecule has 0 unspecified atom stereocenters. The molecule has 1 aromatic heterocycles. The number of nitrogens with zero attached hydrogens (tertiary/aromatic N) is 2. The summed E-state index contributed by atoms with van der Waals surface area (Å²) >= 11 is 0. The van der Waals surface area contributed by atoms with Crippen LogP contribution in [0.15, 0.2) is 36.7 Å². The number of amides is 1. The second-order valence-electron chi connectivity index (χ2n) is 5.71. The fraction of sp³-hybridized carbons (Fsp3) is 0.389. The van der Waals surface area contributed by atoms with E-state index in [0.717, 1.165) is 25.1 Å². The Balaban J connectivity index is 1.91. The van der Waals surface area contributed by atoms with Gasteiger partial charge in [-0.05, 0) is 44.5 Å². The van der Waals surface area contributed by atoms with Gasteiger partial charge in [0, 0.05) is 12.2 Å².